The van der Waals surface area contributed by atoms with Gasteiger partial charge in [0.1, 0.15) is 4.90 Å². The number of pyridine rings is 2. The van der Waals surface area contributed by atoms with Gasteiger partial charge in [0, 0.05) is 37.0 Å². The van der Waals surface area contributed by atoms with Gasteiger partial charge >= 0.3 is 0 Å². The summed E-state index contributed by atoms with van der Waals surface area (Å²) < 4.78 is 50.8. The first-order valence-corrected chi connectivity index (χ1v) is 19.9. The molecule has 2 aromatic heterocycles. The van der Waals surface area contributed by atoms with Crippen LogP contribution in [-0.4, -0.2) is 41.9 Å². The van der Waals surface area contributed by atoms with Crippen molar-refractivity contribution < 1.29 is 21.6 Å². The maximum atomic E-state index is 13.1. The van der Waals surface area contributed by atoms with Gasteiger partial charge in [0.15, 0.2) is 32.1 Å². The first-order chi connectivity index (χ1) is 18.0. The second kappa shape index (κ2) is 10.1. The summed E-state index contributed by atoms with van der Waals surface area (Å²) in [5, 5.41) is 13.3. The van der Waals surface area contributed by atoms with E-state index in [1.54, 1.807) is 32.2 Å². The minimum Gasteiger partial charge on any atom is -0.619 e. The van der Waals surface area contributed by atoms with Gasteiger partial charge in [-0.05, 0) is 66.9 Å². The van der Waals surface area contributed by atoms with E-state index < -0.39 is 32.5 Å². The van der Waals surface area contributed by atoms with Gasteiger partial charge < -0.3 is 5.21 Å². The van der Waals surface area contributed by atoms with Crippen LogP contribution in [0.4, 0.5) is 0 Å². The number of sulfone groups is 2. The summed E-state index contributed by atoms with van der Waals surface area (Å²) in [6, 6.07) is 17.0. The highest BCUT2D eigenvalue weighted by Crippen LogP contribution is 2.37. The van der Waals surface area contributed by atoms with Gasteiger partial charge in [-0.1, -0.05) is 43.9 Å². The molecule has 0 spiro atoms. The molecule has 0 aliphatic rings. The maximum Gasteiger partial charge on any atom is 0.199 e. The maximum absolute atomic E-state index is 13.1. The monoisotopic (exact) mass is 582 g/mol. The zero-order chi connectivity index (χ0) is 28.8. The van der Waals surface area contributed by atoms with Crippen LogP contribution in [0.3, 0.4) is 0 Å². The number of hydrogen-bond acceptors (Lipinski definition) is 6. The molecule has 0 saturated heterocycles. The molecule has 0 radical (unpaired) electrons. The highest BCUT2D eigenvalue weighted by Gasteiger charge is 2.33. The van der Waals surface area contributed by atoms with Gasteiger partial charge in [0.05, 0.1) is 16.0 Å². The van der Waals surface area contributed by atoms with Crippen molar-refractivity contribution in [1.29, 1.82) is 0 Å². The van der Waals surface area contributed by atoms with Gasteiger partial charge in [-0.25, -0.2) is 16.8 Å². The minimum absolute atomic E-state index is 0.00247. The number of nitrogens with zero attached hydrogens (tertiary/aromatic N) is 2. The van der Waals surface area contributed by atoms with Crippen LogP contribution in [-0.2, 0) is 24.4 Å². The van der Waals surface area contributed by atoms with Crippen molar-refractivity contribution >= 4 is 38.7 Å². The van der Waals surface area contributed by atoms with E-state index in [9.17, 15) is 22.0 Å². The number of rotatable bonds is 8. The fourth-order valence-corrected chi connectivity index (χ4v) is 9.13. The Morgan fingerprint density at radius 1 is 0.897 bits per heavy atom. The third-order valence-electron chi connectivity index (χ3n) is 7.13. The van der Waals surface area contributed by atoms with Crippen molar-refractivity contribution in [2.75, 3.05) is 12.0 Å². The number of fused-ring (bicyclic) bond motifs is 1. The molecule has 4 aromatic rings. The Balaban J connectivity index is 1.85. The fourth-order valence-electron chi connectivity index (χ4n) is 4.25. The normalized spacial score (nSPS) is 13.1. The van der Waals surface area contributed by atoms with Crippen molar-refractivity contribution in [1.82, 2.24) is 4.98 Å². The molecular weight excluding hydrogens is 549 g/mol. The average Bonchev–Trinajstić information content (AvgIpc) is 2.85. The smallest absolute Gasteiger partial charge is 0.199 e. The number of hydrogen-bond donors (Lipinski definition) is 0. The fraction of sp³-hybridized carbons (Fsp3) is 0.310. The quantitative estimate of drug-likeness (QED) is 0.152. The van der Waals surface area contributed by atoms with Crippen LogP contribution in [0.5, 0.6) is 0 Å². The summed E-state index contributed by atoms with van der Waals surface area (Å²) in [6.07, 6.45) is 5.38. The summed E-state index contributed by atoms with van der Waals surface area (Å²) in [5.41, 5.74) is 4.01. The molecule has 2 aromatic carbocycles. The van der Waals surface area contributed by atoms with Crippen LogP contribution < -0.4 is 4.73 Å². The Bertz CT molecular complexity index is 1780. The van der Waals surface area contributed by atoms with E-state index in [0.717, 1.165) is 22.7 Å². The molecule has 0 amide bonds. The van der Waals surface area contributed by atoms with E-state index in [4.69, 9.17) is 0 Å². The van der Waals surface area contributed by atoms with Crippen LogP contribution >= 0.6 is 0 Å². The van der Waals surface area contributed by atoms with E-state index in [1.807, 2.05) is 42.5 Å². The van der Waals surface area contributed by atoms with Gasteiger partial charge in [-0.3, -0.25) is 4.98 Å². The third-order valence-corrected chi connectivity index (χ3v) is 13.0. The number of benzene rings is 2. The predicted molar refractivity (Wildman–Crippen MR) is 160 cm³/mol. The van der Waals surface area contributed by atoms with Crippen LogP contribution in [0.15, 0.2) is 78.1 Å². The zero-order valence-electron chi connectivity index (χ0n) is 23.1. The zero-order valence-corrected chi connectivity index (χ0v) is 25.7. The molecule has 0 atom stereocenters. The highest BCUT2D eigenvalue weighted by molar-refractivity contribution is 7.91. The van der Waals surface area contributed by atoms with E-state index in [0.29, 0.717) is 33.0 Å². The van der Waals surface area contributed by atoms with Crippen molar-refractivity contribution in [2.24, 2.45) is 0 Å². The lowest BCUT2D eigenvalue weighted by molar-refractivity contribution is -0.607. The minimum atomic E-state index is -3.63. The standard InChI is InChI=1S/C29H34N2O5S2Si/c1-29(2,37(3,33)34)25-16-23-11-8-12-30-28(23)27(18-25)22-10-7-9-21(15-22)24-17-26(20-31(32)19-24)38(35,36)13-14-39(4,5)6/h7-12,15-20H,13-14H2,1-6H3. The number of aromatic nitrogens is 2. The molecule has 0 fully saturated rings. The Morgan fingerprint density at radius 3 is 2.26 bits per heavy atom. The third kappa shape index (κ3) is 6.23. The molecule has 0 bridgehead atoms. The molecular formula is C29H34N2O5S2Si. The van der Waals surface area contributed by atoms with E-state index >= 15 is 0 Å². The van der Waals surface area contributed by atoms with Crippen LogP contribution in [0.25, 0.3) is 33.2 Å². The Kier molecular flexibility index (Phi) is 7.52. The van der Waals surface area contributed by atoms with Gasteiger partial charge in [-0.15, -0.1) is 0 Å². The van der Waals surface area contributed by atoms with Crippen molar-refractivity contribution in [2.45, 2.75) is 49.2 Å². The molecule has 7 nitrogen and oxygen atoms in total. The topological polar surface area (TPSA) is 108 Å². The van der Waals surface area contributed by atoms with Gasteiger partial charge in [-0.2, -0.15) is 4.73 Å². The highest BCUT2D eigenvalue weighted by atomic mass is 32.2. The predicted octanol–water partition coefficient (Wildman–Crippen LogP) is 5.59. The lowest BCUT2D eigenvalue weighted by Gasteiger charge is -2.24. The molecule has 39 heavy (non-hydrogen) atoms. The summed E-state index contributed by atoms with van der Waals surface area (Å²) in [7, 11) is -8.65. The van der Waals surface area contributed by atoms with Gasteiger partial charge in [0.25, 0.3) is 0 Å². The molecule has 0 unspecified atom stereocenters. The molecule has 2 heterocycles. The lowest BCUT2D eigenvalue weighted by Crippen LogP contribution is -2.28. The summed E-state index contributed by atoms with van der Waals surface area (Å²) in [5.74, 6) is 0.00673. The molecule has 0 saturated carbocycles. The first kappa shape index (κ1) is 28.9. The van der Waals surface area contributed by atoms with Gasteiger partial charge in [0.2, 0.25) is 0 Å². The Labute approximate surface area is 232 Å². The van der Waals surface area contributed by atoms with E-state index in [2.05, 4.69) is 24.6 Å². The van der Waals surface area contributed by atoms with Crippen LogP contribution in [0.1, 0.15) is 19.4 Å². The largest absolute Gasteiger partial charge is 0.619 e. The SMILES string of the molecule is CC(C)(c1cc(-c2cccc(-c3cc(S(=O)(=O)CC[Si](C)(C)C)c[n+]([O-])c3)c2)c2ncccc2c1)S(C)(=O)=O. The lowest BCUT2D eigenvalue weighted by atomic mass is 9.92. The second-order valence-electron chi connectivity index (χ2n) is 11.7. The molecule has 206 valence electrons. The van der Waals surface area contributed by atoms with E-state index in [-0.39, 0.29) is 10.6 Å². The second-order valence-corrected chi connectivity index (χ2v) is 22.0. The first-order valence-electron chi connectivity index (χ1n) is 12.6. The molecule has 10 heteroatoms. The van der Waals surface area contributed by atoms with Crippen LogP contribution in [0.2, 0.25) is 25.7 Å². The average molecular weight is 583 g/mol. The molecule has 0 aliphatic carbocycles. The van der Waals surface area contributed by atoms with Crippen molar-refractivity contribution in [3.05, 3.63) is 84.0 Å². The van der Waals surface area contributed by atoms with E-state index in [1.165, 1.54) is 12.5 Å². The molecule has 0 N–H and O–H groups in total. The summed E-state index contributed by atoms with van der Waals surface area (Å²) in [6.45, 7) is 9.71. The van der Waals surface area contributed by atoms with Crippen molar-refractivity contribution in [3.63, 3.8) is 0 Å². The Morgan fingerprint density at radius 2 is 1.59 bits per heavy atom. The Hall–Kier alpha value is -3.08. The summed E-state index contributed by atoms with van der Waals surface area (Å²) in [4.78, 5) is 4.57. The summed E-state index contributed by atoms with van der Waals surface area (Å²) >= 11 is 0. The molecule has 0 aliphatic heterocycles. The van der Waals surface area contributed by atoms with Crippen LogP contribution in [0, 0.1) is 5.21 Å². The molecule has 4 rings (SSSR count). The van der Waals surface area contributed by atoms with Crippen molar-refractivity contribution in [3.8, 4) is 22.3 Å².